The monoisotopic (exact) mass is 277 g/mol. The molecule has 3 N–H and O–H groups in total. The van der Waals surface area contributed by atoms with Gasteiger partial charge in [-0.3, -0.25) is 0 Å². The van der Waals surface area contributed by atoms with Crippen molar-refractivity contribution in [1.82, 2.24) is 0 Å². The molecule has 0 spiro atoms. The normalized spacial score (nSPS) is 10.2. The summed E-state index contributed by atoms with van der Waals surface area (Å²) in [4.78, 5) is 11.2. The molecule has 2 aromatic carbocycles. The van der Waals surface area contributed by atoms with Crippen LogP contribution >= 0.6 is 11.6 Å². The van der Waals surface area contributed by atoms with Gasteiger partial charge in [0.15, 0.2) is 5.75 Å². The number of carboxylic acid groups (broad SMARTS) is 1. The van der Waals surface area contributed by atoms with Gasteiger partial charge < -0.3 is 15.6 Å². The first-order chi connectivity index (χ1) is 8.97. The molecule has 0 atom stereocenters. The van der Waals surface area contributed by atoms with Crippen LogP contribution in [0, 0.1) is 6.92 Å². The van der Waals surface area contributed by atoms with Gasteiger partial charge in [-0.25, -0.2) is 4.79 Å². The maximum Gasteiger partial charge on any atom is 0.339 e. The molecule has 0 saturated heterocycles. The molecule has 0 aliphatic carbocycles. The minimum absolute atomic E-state index is 0.0643. The molecule has 0 radical (unpaired) electrons. The SMILES string of the molecule is Cc1ccc(Oc2c(Cl)cc(N)cc2C(=O)O)cc1. The molecule has 0 heterocycles. The molecule has 0 amide bonds. The molecule has 0 aliphatic heterocycles. The van der Waals surface area contributed by atoms with Crippen LogP contribution in [0.1, 0.15) is 15.9 Å². The fourth-order valence-corrected chi connectivity index (χ4v) is 1.87. The number of benzene rings is 2. The van der Waals surface area contributed by atoms with E-state index < -0.39 is 5.97 Å². The Balaban J connectivity index is 2.44. The van der Waals surface area contributed by atoms with Gasteiger partial charge in [-0.1, -0.05) is 29.3 Å². The Morgan fingerprint density at radius 1 is 1.26 bits per heavy atom. The Labute approximate surface area is 115 Å². The molecule has 98 valence electrons. The Kier molecular flexibility index (Phi) is 3.62. The van der Waals surface area contributed by atoms with E-state index in [1.165, 1.54) is 12.1 Å². The largest absolute Gasteiger partial charge is 0.478 e. The average Bonchev–Trinajstić information content (AvgIpc) is 2.34. The second-order valence-corrected chi connectivity index (χ2v) is 4.51. The minimum atomic E-state index is -1.14. The number of aromatic carboxylic acids is 1. The van der Waals surface area contributed by atoms with Crippen molar-refractivity contribution >= 4 is 23.3 Å². The van der Waals surface area contributed by atoms with E-state index >= 15 is 0 Å². The summed E-state index contributed by atoms with van der Waals surface area (Å²) in [6.45, 7) is 1.95. The second-order valence-electron chi connectivity index (χ2n) is 4.10. The fourth-order valence-electron chi connectivity index (χ4n) is 1.60. The number of halogens is 1. The third-order valence-corrected chi connectivity index (χ3v) is 2.82. The Hall–Kier alpha value is -2.20. The van der Waals surface area contributed by atoms with E-state index in [2.05, 4.69) is 0 Å². The van der Waals surface area contributed by atoms with Crippen molar-refractivity contribution in [2.75, 3.05) is 5.73 Å². The standard InChI is InChI=1S/C14H12ClNO3/c1-8-2-4-10(5-3-8)19-13-11(14(17)18)6-9(16)7-12(13)15/h2-7H,16H2,1H3,(H,17,18). The molecule has 2 rings (SSSR count). The van der Waals surface area contributed by atoms with Crippen molar-refractivity contribution in [3.63, 3.8) is 0 Å². The summed E-state index contributed by atoms with van der Waals surface area (Å²) in [5.41, 5.74) is 6.87. The van der Waals surface area contributed by atoms with Crippen molar-refractivity contribution in [3.05, 3.63) is 52.5 Å². The van der Waals surface area contributed by atoms with Crippen LogP contribution in [0.2, 0.25) is 5.02 Å². The molecule has 0 saturated carbocycles. The zero-order chi connectivity index (χ0) is 14.0. The predicted molar refractivity (Wildman–Crippen MR) is 74.1 cm³/mol. The van der Waals surface area contributed by atoms with E-state index in [0.29, 0.717) is 5.75 Å². The average molecular weight is 278 g/mol. The van der Waals surface area contributed by atoms with Crippen LogP contribution < -0.4 is 10.5 Å². The lowest BCUT2D eigenvalue weighted by Gasteiger charge is -2.11. The molecule has 5 heteroatoms. The quantitative estimate of drug-likeness (QED) is 0.839. The van der Waals surface area contributed by atoms with Crippen LogP contribution in [-0.2, 0) is 0 Å². The van der Waals surface area contributed by atoms with Gasteiger partial charge in [0.25, 0.3) is 0 Å². The highest BCUT2D eigenvalue weighted by molar-refractivity contribution is 6.33. The summed E-state index contributed by atoms with van der Waals surface area (Å²) < 4.78 is 5.54. The number of ether oxygens (including phenoxy) is 1. The van der Waals surface area contributed by atoms with Gasteiger partial charge in [-0.15, -0.1) is 0 Å². The van der Waals surface area contributed by atoms with Crippen LogP contribution in [0.4, 0.5) is 5.69 Å². The molecular weight excluding hydrogens is 266 g/mol. The van der Waals surface area contributed by atoms with Gasteiger partial charge in [0, 0.05) is 5.69 Å². The third-order valence-electron chi connectivity index (χ3n) is 2.54. The van der Waals surface area contributed by atoms with Crippen LogP contribution in [0.15, 0.2) is 36.4 Å². The van der Waals surface area contributed by atoms with Gasteiger partial charge in [-0.05, 0) is 31.2 Å². The molecule has 0 unspecified atom stereocenters. The Morgan fingerprint density at radius 2 is 1.89 bits per heavy atom. The highest BCUT2D eigenvalue weighted by Gasteiger charge is 2.17. The molecule has 0 bridgehead atoms. The van der Waals surface area contributed by atoms with E-state index in [4.69, 9.17) is 27.2 Å². The molecular formula is C14H12ClNO3. The third kappa shape index (κ3) is 2.98. The van der Waals surface area contributed by atoms with Gasteiger partial charge in [0.05, 0.1) is 5.02 Å². The van der Waals surface area contributed by atoms with Crippen molar-refractivity contribution < 1.29 is 14.6 Å². The highest BCUT2D eigenvalue weighted by atomic mass is 35.5. The van der Waals surface area contributed by atoms with E-state index in [1.807, 2.05) is 19.1 Å². The highest BCUT2D eigenvalue weighted by Crippen LogP contribution is 2.35. The number of carbonyl (C=O) groups is 1. The topological polar surface area (TPSA) is 72.5 Å². The predicted octanol–water partition coefficient (Wildman–Crippen LogP) is 3.72. The minimum Gasteiger partial charge on any atom is -0.478 e. The summed E-state index contributed by atoms with van der Waals surface area (Å²) in [6, 6.07) is 9.98. The zero-order valence-electron chi connectivity index (χ0n) is 10.2. The number of rotatable bonds is 3. The second kappa shape index (κ2) is 5.20. The van der Waals surface area contributed by atoms with Crippen molar-refractivity contribution in [2.45, 2.75) is 6.92 Å². The van der Waals surface area contributed by atoms with Gasteiger partial charge >= 0.3 is 5.97 Å². The Morgan fingerprint density at radius 3 is 2.47 bits per heavy atom. The zero-order valence-corrected chi connectivity index (χ0v) is 10.9. The van der Waals surface area contributed by atoms with Crippen molar-refractivity contribution in [3.8, 4) is 11.5 Å². The smallest absolute Gasteiger partial charge is 0.339 e. The molecule has 2 aromatic rings. The maximum absolute atomic E-state index is 11.2. The summed E-state index contributed by atoms with van der Waals surface area (Å²) in [5.74, 6) is -0.539. The number of carboxylic acids is 1. The molecule has 0 aromatic heterocycles. The number of hydrogen-bond donors (Lipinski definition) is 2. The number of nitrogen functional groups attached to an aromatic ring is 1. The first kappa shape index (κ1) is 13.2. The number of aryl methyl sites for hydroxylation is 1. The summed E-state index contributed by atoms with van der Waals surface area (Å²) in [6.07, 6.45) is 0. The molecule has 4 nitrogen and oxygen atoms in total. The van der Waals surface area contributed by atoms with Crippen LogP contribution in [0.25, 0.3) is 0 Å². The lowest BCUT2D eigenvalue weighted by atomic mass is 10.1. The summed E-state index contributed by atoms with van der Waals surface area (Å²) in [5, 5.41) is 9.31. The van der Waals surface area contributed by atoms with E-state index in [1.54, 1.807) is 12.1 Å². The lowest BCUT2D eigenvalue weighted by Crippen LogP contribution is -2.02. The summed E-state index contributed by atoms with van der Waals surface area (Å²) in [7, 11) is 0. The fraction of sp³-hybridized carbons (Fsp3) is 0.0714. The first-order valence-corrected chi connectivity index (χ1v) is 5.92. The Bertz CT molecular complexity index is 623. The lowest BCUT2D eigenvalue weighted by molar-refractivity contribution is 0.0694. The molecule has 0 fully saturated rings. The first-order valence-electron chi connectivity index (χ1n) is 5.54. The number of hydrogen-bond acceptors (Lipinski definition) is 3. The summed E-state index contributed by atoms with van der Waals surface area (Å²) >= 11 is 5.99. The molecule has 0 aliphatic rings. The van der Waals surface area contributed by atoms with Crippen LogP contribution in [0.5, 0.6) is 11.5 Å². The van der Waals surface area contributed by atoms with E-state index in [-0.39, 0.29) is 22.0 Å². The van der Waals surface area contributed by atoms with Crippen molar-refractivity contribution in [2.24, 2.45) is 0 Å². The number of anilines is 1. The number of nitrogens with two attached hydrogens (primary N) is 1. The van der Waals surface area contributed by atoms with Gasteiger partial charge in [0.1, 0.15) is 11.3 Å². The van der Waals surface area contributed by atoms with E-state index in [0.717, 1.165) is 5.56 Å². The van der Waals surface area contributed by atoms with Crippen LogP contribution in [-0.4, -0.2) is 11.1 Å². The van der Waals surface area contributed by atoms with Gasteiger partial charge in [0.2, 0.25) is 0 Å². The van der Waals surface area contributed by atoms with Crippen LogP contribution in [0.3, 0.4) is 0 Å². The van der Waals surface area contributed by atoms with E-state index in [9.17, 15) is 4.79 Å². The molecule has 19 heavy (non-hydrogen) atoms. The van der Waals surface area contributed by atoms with Crippen molar-refractivity contribution in [1.29, 1.82) is 0 Å². The van der Waals surface area contributed by atoms with Gasteiger partial charge in [-0.2, -0.15) is 0 Å². The maximum atomic E-state index is 11.2.